The number of carbonyl (C=O) groups excluding carboxylic acids is 2. The topological polar surface area (TPSA) is 61.4 Å². The van der Waals surface area contributed by atoms with Gasteiger partial charge in [0.15, 0.2) is 0 Å². The number of nitrogens with one attached hydrogen (secondary N) is 2. The predicted molar refractivity (Wildman–Crippen MR) is 118 cm³/mol. The minimum Gasteiger partial charge on any atom is -0.370 e. The monoisotopic (exact) mass is 411 g/mol. The molecule has 2 aromatic rings. The van der Waals surface area contributed by atoms with E-state index in [1.807, 2.05) is 12.1 Å². The van der Waals surface area contributed by atoms with Crippen LogP contribution in [0, 0.1) is 11.8 Å². The number of hydrogen-bond donors (Lipinski definition) is 2. The molecule has 2 aliphatic rings. The van der Waals surface area contributed by atoms with E-state index < -0.39 is 0 Å². The van der Waals surface area contributed by atoms with Gasteiger partial charge in [-0.25, -0.2) is 0 Å². The molecule has 1 heterocycles. The molecule has 2 fully saturated rings. The van der Waals surface area contributed by atoms with Gasteiger partial charge in [0.2, 0.25) is 5.91 Å². The summed E-state index contributed by atoms with van der Waals surface area (Å²) in [5.41, 5.74) is 2.85. The Morgan fingerprint density at radius 1 is 1.03 bits per heavy atom. The first kappa shape index (κ1) is 19.8. The van der Waals surface area contributed by atoms with E-state index in [1.165, 1.54) is 6.42 Å². The van der Waals surface area contributed by atoms with Gasteiger partial charge in [0.05, 0.1) is 11.4 Å². The van der Waals surface area contributed by atoms with Crippen molar-refractivity contribution in [3.8, 4) is 0 Å². The largest absolute Gasteiger partial charge is 0.370 e. The van der Waals surface area contributed by atoms with Crippen LogP contribution in [0.4, 0.5) is 17.1 Å². The van der Waals surface area contributed by atoms with Gasteiger partial charge in [0.1, 0.15) is 0 Å². The van der Waals surface area contributed by atoms with Crippen molar-refractivity contribution >= 4 is 40.5 Å². The van der Waals surface area contributed by atoms with Crippen LogP contribution in [-0.2, 0) is 4.79 Å². The lowest BCUT2D eigenvalue weighted by molar-refractivity contribution is -0.117. The lowest BCUT2D eigenvalue weighted by atomic mass is 10.1. The average Bonchev–Trinajstić information content (AvgIpc) is 3.46. The van der Waals surface area contributed by atoms with Gasteiger partial charge in [-0.3, -0.25) is 9.59 Å². The molecule has 152 valence electrons. The highest BCUT2D eigenvalue weighted by atomic mass is 35.5. The summed E-state index contributed by atoms with van der Waals surface area (Å²) in [5, 5.41) is 6.51. The summed E-state index contributed by atoms with van der Waals surface area (Å²) in [6, 6.07) is 12.7. The minimum atomic E-state index is -0.221. The van der Waals surface area contributed by atoms with Crippen molar-refractivity contribution in [3.63, 3.8) is 0 Å². The highest BCUT2D eigenvalue weighted by molar-refractivity contribution is 6.31. The summed E-state index contributed by atoms with van der Waals surface area (Å²) < 4.78 is 0. The lowest BCUT2D eigenvalue weighted by Gasteiger charge is -2.30. The Hall–Kier alpha value is -2.53. The molecule has 1 saturated carbocycles. The zero-order valence-electron chi connectivity index (χ0n) is 16.6. The molecule has 6 heteroatoms. The van der Waals surface area contributed by atoms with E-state index in [2.05, 4.69) is 22.5 Å². The van der Waals surface area contributed by atoms with Gasteiger partial charge >= 0.3 is 0 Å². The van der Waals surface area contributed by atoms with Crippen molar-refractivity contribution in [2.24, 2.45) is 11.8 Å². The second-order valence-electron chi connectivity index (χ2n) is 8.05. The van der Waals surface area contributed by atoms with Gasteiger partial charge in [0.25, 0.3) is 5.91 Å². The Morgan fingerprint density at radius 3 is 2.52 bits per heavy atom. The fourth-order valence-electron chi connectivity index (χ4n) is 3.87. The van der Waals surface area contributed by atoms with Crippen molar-refractivity contribution in [1.29, 1.82) is 0 Å². The Morgan fingerprint density at radius 2 is 1.79 bits per heavy atom. The second-order valence-corrected chi connectivity index (χ2v) is 8.49. The molecule has 1 aliphatic heterocycles. The van der Waals surface area contributed by atoms with Gasteiger partial charge in [-0.2, -0.15) is 0 Å². The molecule has 0 bridgehead atoms. The van der Waals surface area contributed by atoms with Crippen LogP contribution >= 0.6 is 11.6 Å². The van der Waals surface area contributed by atoms with Crippen LogP contribution in [0.5, 0.6) is 0 Å². The molecule has 4 rings (SSSR count). The third-order valence-electron chi connectivity index (χ3n) is 5.74. The normalized spacial score (nSPS) is 20.8. The summed E-state index contributed by atoms with van der Waals surface area (Å²) in [4.78, 5) is 27.4. The lowest BCUT2D eigenvalue weighted by Crippen LogP contribution is -2.30. The quantitative estimate of drug-likeness (QED) is 0.712. The third kappa shape index (κ3) is 4.73. The highest BCUT2D eigenvalue weighted by Crippen LogP contribution is 2.38. The fraction of sp³-hybridized carbons (Fsp3) is 0.391. The van der Waals surface area contributed by atoms with Gasteiger partial charge in [-0.15, -0.1) is 0 Å². The van der Waals surface area contributed by atoms with Gasteiger partial charge in [-0.1, -0.05) is 24.6 Å². The van der Waals surface area contributed by atoms with Crippen LogP contribution in [0.1, 0.15) is 43.0 Å². The Labute approximate surface area is 176 Å². The Bertz CT molecular complexity index is 924. The molecule has 0 aromatic heterocycles. The van der Waals surface area contributed by atoms with Crippen molar-refractivity contribution in [3.05, 3.63) is 53.1 Å². The number of benzene rings is 2. The number of amides is 2. The molecule has 2 unspecified atom stereocenters. The first-order chi connectivity index (χ1) is 14.0. The van der Waals surface area contributed by atoms with E-state index in [-0.39, 0.29) is 17.7 Å². The number of carbonyl (C=O) groups is 2. The zero-order valence-corrected chi connectivity index (χ0v) is 17.3. The van der Waals surface area contributed by atoms with Crippen LogP contribution in [0.2, 0.25) is 5.02 Å². The minimum absolute atomic E-state index is 0.0253. The van der Waals surface area contributed by atoms with Crippen molar-refractivity contribution in [1.82, 2.24) is 0 Å². The van der Waals surface area contributed by atoms with Gasteiger partial charge in [0, 0.05) is 35.3 Å². The number of nitrogens with zero attached hydrogens (tertiary/aromatic N) is 1. The molecule has 2 atom stereocenters. The number of piperidine rings is 1. The second kappa shape index (κ2) is 8.46. The molecule has 2 amide bonds. The standard InChI is InChI=1S/C23H26ClN3O2/c1-15-12-19(15)23(29)25-18-7-5-6-16(13-18)22(28)26-20-14-17(24)8-9-21(20)27-10-3-2-4-11-27/h5-9,13-15,19H,2-4,10-12H2,1H3,(H,25,29)(H,26,28). The molecule has 0 spiro atoms. The maximum Gasteiger partial charge on any atom is 0.255 e. The number of hydrogen-bond acceptors (Lipinski definition) is 3. The van der Waals surface area contributed by atoms with Gasteiger partial charge < -0.3 is 15.5 Å². The van der Waals surface area contributed by atoms with Crippen molar-refractivity contribution in [2.75, 3.05) is 28.6 Å². The summed E-state index contributed by atoms with van der Waals surface area (Å²) in [5.74, 6) is 0.335. The Balaban J connectivity index is 1.50. The maximum atomic E-state index is 12.9. The molecule has 2 aromatic carbocycles. The van der Waals surface area contributed by atoms with Crippen LogP contribution in [-0.4, -0.2) is 24.9 Å². The molecular weight excluding hydrogens is 386 g/mol. The summed E-state index contributed by atoms with van der Waals surface area (Å²) in [7, 11) is 0. The number of rotatable bonds is 5. The zero-order chi connectivity index (χ0) is 20.4. The smallest absolute Gasteiger partial charge is 0.255 e. The average molecular weight is 412 g/mol. The van der Waals surface area contributed by atoms with Crippen LogP contribution in [0.3, 0.4) is 0 Å². The van der Waals surface area contributed by atoms with Gasteiger partial charge in [-0.05, 0) is 68.0 Å². The van der Waals surface area contributed by atoms with Crippen LogP contribution < -0.4 is 15.5 Å². The first-order valence-electron chi connectivity index (χ1n) is 10.3. The molecular formula is C23H26ClN3O2. The third-order valence-corrected chi connectivity index (χ3v) is 5.98. The van der Waals surface area contributed by atoms with E-state index in [1.54, 1.807) is 30.3 Å². The summed E-state index contributed by atoms with van der Waals surface area (Å²) in [6.07, 6.45) is 4.47. The van der Waals surface area contributed by atoms with Crippen molar-refractivity contribution in [2.45, 2.75) is 32.6 Å². The summed E-state index contributed by atoms with van der Waals surface area (Å²) >= 11 is 6.20. The molecule has 29 heavy (non-hydrogen) atoms. The van der Waals surface area contributed by atoms with Crippen LogP contribution in [0.25, 0.3) is 0 Å². The van der Waals surface area contributed by atoms with E-state index in [4.69, 9.17) is 11.6 Å². The van der Waals surface area contributed by atoms with E-state index in [0.29, 0.717) is 27.9 Å². The summed E-state index contributed by atoms with van der Waals surface area (Å²) in [6.45, 7) is 4.02. The molecule has 1 saturated heterocycles. The SMILES string of the molecule is CC1CC1C(=O)Nc1cccc(C(=O)Nc2cc(Cl)ccc2N2CCCCC2)c1. The van der Waals surface area contributed by atoms with E-state index >= 15 is 0 Å². The molecule has 0 radical (unpaired) electrons. The van der Waals surface area contributed by atoms with E-state index in [0.717, 1.165) is 38.0 Å². The Kier molecular flexibility index (Phi) is 5.76. The maximum absolute atomic E-state index is 12.9. The highest BCUT2D eigenvalue weighted by Gasteiger charge is 2.39. The molecule has 2 N–H and O–H groups in total. The predicted octanol–water partition coefficient (Wildman–Crippen LogP) is 5.18. The fourth-order valence-corrected chi connectivity index (χ4v) is 4.05. The van der Waals surface area contributed by atoms with Crippen LogP contribution in [0.15, 0.2) is 42.5 Å². The van der Waals surface area contributed by atoms with E-state index in [9.17, 15) is 9.59 Å². The molecule has 1 aliphatic carbocycles. The molecule has 5 nitrogen and oxygen atoms in total. The number of halogens is 1. The van der Waals surface area contributed by atoms with Crippen molar-refractivity contribution < 1.29 is 9.59 Å². The number of anilines is 3. The first-order valence-corrected chi connectivity index (χ1v) is 10.7.